The first kappa shape index (κ1) is 18.1. The zero-order chi connectivity index (χ0) is 18.9. The minimum atomic E-state index is -0.540. The number of hydrogen-bond acceptors (Lipinski definition) is 3. The van der Waals surface area contributed by atoms with Crippen LogP contribution in [-0.2, 0) is 11.3 Å². The van der Waals surface area contributed by atoms with Crippen molar-refractivity contribution in [2.45, 2.75) is 6.54 Å². The average molecular weight is 357 g/mol. The van der Waals surface area contributed by atoms with E-state index in [-0.39, 0.29) is 11.7 Å². The van der Waals surface area contributed by atoms with Crippen molar-refractivity contribution < 1.29 is 14.3 Å². The highest BCUT2D eigenvalue weighted by Crippen LogP contribution is 2.18. The number of para-hydroxylation sites is 1. The molecule has 0 aliphatic heterocycles. The summed E-state index contributed by atoms with van der Waals surface area (Å²) in [6.45, 7) is 0.399. The maximum absolute atomic E-state index is 12.5. The van der Waals surface area contributed by atoms with Crippen molar-refractivity contribution in [3.63, 3.8) is 0 Å². The fourth-order valence-corrected chi connectivity index (χ4v) is 2.49. The fraction of sp³-hybridized carbons (Fsp3) is 0.0435. The molecule has 0 aliphatic carbocycles. The lowest BCUT2D eigenvalue weighted by molar-refractivity contribution is -0.128. The van der Waals surface area contributed by atoms with Crippen molar-refractivity contribution in [1.82, 2.24) is 5.32 Å². The summed E-state index contributed by atoms with van der Waals surface area (Å²) in [7, 11) is 0. The smallest absolute Gasteiger partial charge is 0.336 e. The van der Waals surface area contributed by atoms with Crippen molar-refractivity contribution in [2.24, 2.45) is 0 Å². The third-order valence-corrected chi connectivity index (χ3v) is 3.85. The van der Waals surface area contributed by atoms with Crippen LogP contribution in [0.25, 0.3) is 6.08 Å². The van der Waals surface area contributed by atoms with Gasteiger partial charge in [0.25, 0.3) is 5.91 Å². The lowest BCUT2D eigenvalue weighted by atomic mass is 10.1. The third-order valence-electron chi connectivity index (χ3n) is 3.85. The van der Waals surface area contributed by atoms with Gasteiger partial charge in [0.2, 0.25) is 0 Å². The third kappa shape index (κ3) is 5.41. The van der Waals surface area contributed by atoms with Crippen LogP contribution in [0.5, 0.6) is 5.75 Å². The van der Waals surface area contributed by atoms with Gasteiger partial charge in [0.15, 0.2) is 0 Å². The molecule has 1 amide bonds. The summed E-state index contributed by atoms with van der Waals surface area (Å²) < 4.78 is 5.35. The Labute approximate surface area is 158 Å². The topological polar surface area (TPSA) is 55.4 Å². The number of benzene rings is 3. The van der Waals surface area contributed by atoms with Gasteiger partial charge in [-0.05, 0) is 29.3 Å². The van der Waals surface area contributed by atoms with Crippen LogP contribution < -0.4 is 10.1 Å². The van der Waals surface area contributed by atoms with E-state index in [1.165, 1.54) is 6.08 Å². The van der Waals surface area contributed by atoms with E-state index in [0.717, 1.165) is 11.1 Å². The fourth-order valence-electron chi connectivity index (χ4n) is 2.49. The normalized spacial score (nSPS) is 10.5. The van der Waals surface area contributed by atoms with Gasteiger partial charge in [0.05, 0.1) is 5.56 Å². The molecular formula is C23H19NO3. The van der Waals surface area contributed by atoms with Gasteiger partial charge in [0.1, 0.15) is 5.75 Å². The predicted molar refractivity (Wildman–Crippen MR) is 105 cm³/mol. The van der Waals surface area contributed by atoms with E-state index in [4.69, 9.17) is 4.74 Å². The first-order chi connectivity index (χ1) is 13.2. The Balaban J connectivity index is 1.65. The van der Waals surface area contributed by atoms with Crippen LogP contribution in [0, 0.1) is 0 Å². The summed E-state index contributed by atoms with van der Waals surface area (Å²) in [5, 5.41) is 2.84. The van der Waals surface area contributed by atoms with Gasteiger partial charge in [-0.25, -0.2) is 4.79 Å². The molecule has 0 bridgehead atoms. The van der Waals surface area contributed by atoms with Crippen LogP contribution in [0.1, 0.15) is 21.5 Å². The van der Waals surface area contributed by atoms with E-state index in [1.54, 1.807) is 30.3 Å². The maximum atomic E-state index is 12.5. The van der Waals surface area contributed by atoms with Gasteiger partial charge in [-0.3, -0.25) is 4.79 Å². The molecule has 1 N–H and O–H groups in total. The Morgan fingerprint density at radius 3 is 2.19 bits per heavy atom. The van der Waals surface area contributed by atoms with Crippen LogP contribution in [0.2, 0.25) is 0 Å². The van der Waals surface area contributed by atoms with Crippen LogP contribution in [-0.4, -0.2) is 11.9 Å². The lowest BCUT2D eigenvalue weighted by Crippen LogP contribution is -2.23. The van der Waals surface area contributed by atoms with Gasteiger partial charge in [0, 0.05) is 12.6 Å². The van der Waals surface area contributed by atoms with E-state index >= 15 is 0 Å². The van der Waals surface area contributed by atoms with Gasteiger partial charge in [-0.1, -0.05) is 72.8 Å². The molecular weight excluding hydrogens is 338 g/mol. The Hall–Kier alpha value is -3.66. The number of esters is 1. The second kappa shape index (κ2) is 9.15. The molecule has 4 heteroatoms. The van der Waals surface area contributed by atoms with E-state index < -0.39 is 5.97 Å². The molecule has 3 aromatic carbocycles. The molecule has 0 heterocycles. The molecule has 27 heavy (non-hydrogen) atoms. The summed E-state index contributed by atoms with van der Waals surface area (Å²) in [4.78, 5) is 24.6. The highest BCUT2D eigenvalue weighted by molar-refractivity contribution is 5.98. The highest BCUT2D eigenvalue weighted by Gasteiger charge is 2.13. The second-order valence-corrected chi connectivity index (χ2v) is 5.83. The monoisotopic (exact) mass is 357 g/mol. The predicted octanol–water partition coefficient (Wildman–Crippen LogP) is 4.24. The van der Waals surface area contributed by atoms with Crippen LogP contribution >= 0.6 is 0 Å². The summed E-state index contributed by atoms with van der Waals surface area (Å²) >= 11 is 0. The summed E-state index contributed by atoms with van der Waals surface area (Å²) in [6, 6.07) is 25.7. The van der Waals surface area contributed by atoms with Crippen molar-refractivity contribution in [2.75, 3.05) is 0 Å². The zero-order valence-electron chi connectivity index (χ0n) is 14.7. The second-order valence-electron chi connectivity index (χ2n) is 5.83. The number of carbonyl (C=O) groups is 2. The molecule has 134 valence electrons. The molecule has 4 nitrogen and oxygen atoms in total. The van der Waals surface area contributed by atoms with Crippen molar-refractivity contribution in [3.8, 4) is 5.75 Å². The minimum absolute atomic E-state index is 0.228. The highest BCUT2D eigenvalue weighted by atomic mass is 16.5. The lowest BCUT2D eigenvalue weighted by Gasteiger charge is -2.09. The summed E-state index contributed by atoms with van der Waals surface area (Å²) in [5.41, 5.74) is 2.20. The number of ether oxygens (including phenoxy) is 1. The average Bonchev–Trinajstić information content (AvgIpc) is 2.72. The molecule has 0 fully saturated rings. The van der Waals surface area contributed by atoms with Crippen LogP contribution in [0.15, 0.2) is 91.0 Å². The first-order valence-electron chi connectivity index (χ1n) is 8.58. The van der Waals surface area contributed by atoms with E-state index in [0.29, 0.717) is 12.1 Å². The quantitative estimate of drug-likeness (QED) is 0.408. The SMILES string of the molecule is O=C(/C=C/c1ccccc1)Oc1ccccc1C(=O)NCc1ccccc1. The van der Waals surface area contributed by atoms with Crippen molar-refractivity contribution in [1.29, 1.82) is 0 Å². The van der Waals surface area contributed by atoms with Crippen LogP contribution in [0.4, 0.5) is 0 Å². The molecule has 0 saturated carbocycles. The van der Waals surface area contributed by atoms with Crippen molar-refractivity contribution >= 4 is 18.0 Å². The number of rotatable bonds is 6. The molecule has 0 atom stereocenters. The van der Waals surface area contributed by atoms with Crippen LogP contribution in [0.3, 0.4) is 0 Å². The number of amides is 1. The minimum Gasteiger partial charge on any atom is -0.423 e. The van der Waals surface area contributed by atoms with Crippen molar-refractivity contribution in [3.05, 3.63) is 108 Å². The van der Waals surface area contributed by atoms with Gasteiger partial charge in [-0.15, -0.1) is 0 Å². The molecule has 3 aromatic rings. The largest absolute Gasteiger partial charge is 0.423 e. The molecule has 0 aromatic heterocycles. The standard InChI is InChI=1S/C23H19NO3/c25-22(16-15-18-9-3-1-4-10-18)27-21-14-8-7-13-20(21)23(26)24-17-19-11-5-2-6-12-19/h1-16H,17H2,(H,24,26)/b16-15+. The molecule has 3 rings (SSSR count). The van der Waals surface area contributed by atoms with Gasteiger partial charge < -0.3 is 10.1 Å². The Morgan fingerprint density at radius 2 is 1.44 bits per heavy atom. The summed E-state index contributed by atoms with van der Waals surface area (Å²) in [6.07, 6.45) is 3.01. The van der Waals surface area contributed by atoms with Gasteiger partial charge in [-0.2, -0.15) is 0 Å². The Bertz CT molecular complexity index is 934. The molecule has 0 spiro atoms. The Morgan fingerprint density at radius 1 is 0.815 bits per heavy atom. The molecule has 0 radical (unpaired) electrons. The molecule has 0 unspecified atom stereocenters. The van der Waals surface area contributed by atoms with E-state index in [2.05, 4.69) is 5.32 Å². The Kier molecular flexibility index (Phi) is 6.15. The van der Waals surface area contributed by atoms with E-state index in [1.807, 2.05) is 60.7 Å². The first-order valence-corrected chi connectivity index (χ1v) is 8.58. The molecule has 0 saturated heterocycles. The number of hydrogen-bond donors (Lipinski definition) is 1. The van der Waals surface area contributed by atoms with Gasteiger partial charge >= 0.3 is 5.97 Å². The zero-order valence-corrected chi connectivity index (χ0v) is 14.7. The number of carbonyl (C=O) groups excluding carboxylic acids is 2. The number of nitrogens with one attached hydrogen (secondary N) is 1. The van der Waals surface area contributed by atoms with E-state index in [9.17, 15) is 9.59 Å². The molecule has 0 aliphatic rings. The maximum Gasteiger partial charge on any atom is 0.336 e. The summed E-state index contributed by atoms with van der Waals surface area (Å²) in [5.74, 6) is -0.609.